The lowest BCUT2D eigenvalue weighted by molar-refractivity contribution is 0.294. The molecule has 0 saturated heterocycles. The summed E-state index contributed by atoms with van der Waals surface area (Å²) in [6.45, 7) is 2.23. The molecule has 106 valence electrons. The summed E-state index contributed by atoms with van der Waals surface area (Å²) in [5, 5.41) is 8.00. The summed E-state index contributed by atoms with van der Waals surface area (Å²) in [7, 11) is 0. The van der Waals surface area contributed by atoms with E-state index in [9.17, 15) is 0 Å². The number of pyridine rings is 1. The van der Waals surface area contributed by atoms with Gasteiger partial charge in [0.1, 0.15) is 12.2 Å². The van der Waals surface area contributed by atoms with Crippen LogP contribution < -0.4 is 4.74 Å². The third kappa shape index (κ3) is 3.03. The molecule has 0 aliphatic rings. The molecule has 0 unspecified atom stereocenters. The van der Waals surface area contributed by atoms with Crippen molar-refractivity contribution in [3.05, 3.63) is 59.1 Å². The number of hydrogen-bond acceptors (Lipinski definition) is 5. The maximum Gasteiger partial charge on any atom is 0.254 e. The molecular formula is C15H12ClN3O2. The lowest BCUT2D eigenvalue weighted by Crippen LogP contribution is -2.01. The zero-order valence-electron chi connectivity index (χ0n) is 11.3. The van der Waals surface area contributed by atoms with Crippen molar-refractivity contribution < 1.29 is 9.15 Å². The predicted octanol–water partition coefficient (Wildman–Crippen LogP) is 3.67. The average Bonchev–Trinajstić information content (AvgIpc) is 2.99. The summed E-state index contributed by atoms with van der Waals surface area (Å²) < 4.78 is 11.0. The van der Waals surface area contributed by atoms with Crippen LogP contribution in [0.2, 0.25) is 5.02 Å². The molecule has 3 aromatic rings. The van der Waals surface area contributed by atoms with Gasteiger partial charge in [0.05, 0.1) is 5.02 Å². The zero-order valence-corrected chi connectivity index (χ0v) is 12.0. The monoisotopic (exact) mass is 301 g/mol. The lowest BCUT2D eigenvalue weighted by atomic mass is 10.2. The number of rotatable bonds is 4. The van der Waals surface area contributed by atoms with E-state index in [0.717, 1.165) is 11.3 Å². The highest BCUT2D eigenvalue weighted by Crippen LogP contribution is 2.34. The Hall–Kier alpha value is -2.40. The molecule has 0 bridgehead atoms. The minimum Gasteiger partial charge on any atom is -0.472 e. The maximum absolute atomic E-state index is 6.26. The van der Waals surface area contributed by atoms with Crippen molar-refractivity contribution in [2.45, 2.75) is 13.5 Å². The van der Waals surface area contributed by atoms with Gasteiger partial charge in [0.25, 0.3) is 5.89 Å². The van der Waals surface area contributed by atoms with E-state index in [4.69, 9.17) is 20.8 Å². The van der Waals surface area contributed by atoms with Crippen LogP contribution in [0.25, 0.3) is 11.5 Å². The molecule has 0 N–H and O–H groups in total. The van der Waals surface area contributed by atoms with Gasteiger partial charge in [-0.05, 0) is 18.6 Å². The van der Waals surface area contributed by atoms with E-state index < -0.39 is 0 Å². The van der Waals surface area contributed by atoms with Gasteiger partial charge >= 0.3 is 0 Å². The first-order chi connectivity index (χ1) is 10.2. The number of aryl methyl sites for hydroxylation is 1. The molecule has 1 aromatic carbocycles. The topological polar surface area (TPSA) is 61.0 Å². The highest BCUT2D eigenvalue weighted by Gasteiger charge is 2.18. The fraction of sp³-hybridized carbons (Fsp3) is 0.133. The number of nitrogens with zero attached hydrogens (tertiary/aromatic N) is 3. The Kier molecular flexibility index (Phi) is 3.83. The minimum absolute atomic E-state index is 0.288. The van der Waals surface area contributed by atoms with Gasteiger partial charge in [0, 0.05) is 5.69 Å². The molecule has 0 saturated carbocycles. The summed E-state index contributed by atoms with van der Waals surface area (Å²) in [6.07, 6.45) is 1.24. The van der Waals surface area contributed by atoms with Crippen molar-refractivity contribution in [2.24, 2.45) is 0 Å². The normalized spacial score (nSPS) is 10.6. The summed E-state index contributed by atoms with van der Waals surface area (Å²) in [5.41, 5.74) is 2.30. The fourth-order valence-electron chi connectivity index (χ4n) is 1.91. The van der Waals surface area contributed by atoms with Crippen molar-refractivity contribution in [3.63, 3.8) is 0 Å². The van der Waals surface area contributed by atoms with Crippen LogP contribution in [0, 0.1) is 6.92 Å². The van der Waals surface area contributed by atoms with Crippen LogP contribution in [-0.4, -0.2) is 15.2 Å². The highest BCUT2D eigenvalue weighted by molar-refractivity contribution is 6.33. The van der Waals surface area contributed by atoms with Gasteiger partial charge in [0.2, 0.25) is 12.3 Å². The van der Waals surface area contributed by atoms with Gasteiger partial charge in [-0.1, -0.05) is 41.9 Å². The Morgan fingerprint density at radius 3 is 2.76 bits per heavy atom. The quantitative estimate of drug-likeness (QED) is 0.735. The summed E-state index contributed by atoms with van der Waals surface area (Å²) in [6, 6.07) is 11.5. The molecule has 2 aromatic heterocycles. The Balaban J connectivity index is 1.94. The Bertz CT molecular complexity index is 730. The SMILES string of the molecule is Cc1cc(Cl)c(-c2nnco2)c(OCc2ccccc2)n1. The molecule has 6 heteroatoms. The zero-order chi connectivity index (χ0) is 14.7. The average molecular weight is 302 g/mol. The van der Waals surface area contributed by atoms with Crippen molar-refractivity contribution in [3.8, 4) is 17.3 Å². The Morgan fingerprint density at radius 1 is 1.24 bits per heavy atom. The predicted molar refractivity (Wildman–Crippen MR) is 78.1 cm³/mol. The number of benzene rings is 1. The van der Waals surface area contributed by atoms with Gasteiger partial charge in [-0.3, -0.25) is 0 Å². The minimum atomic E-state index is 0.288. The van der Waals surface area contributed by atoms with Crippen molar-refractivity contribution in [1.82, 2.24) is 15.2 Å². The third-order valence-corrected chi connectivity index (χ3v) is 3.16. The van der Waals surface area contributed by atoms with E-state index in [-0.39, 0.29) is 5.89 Å². The van der Waals surface area contributed by atoms with E-state index in [1.807, 2.05) is 37.3 Å². The van der Waals surface area contributed by atoms with E-state index in [2.05, 4.69) is 15.2 Å². The standard InChI is InChI=1S/C15H12ClN3O2/c1-10-7-12(16)13(15-19-17-9-21-15)14(18-10)20-8-11-5-3-2-4-6-11/h2-7,9H,8H2,1H3. The Labute approximate surface area is 126 Å². The lowest BCUT2D eigenvalue weighted by Gasteiger charge is -2.10. The van der Waals surface area contributed by atoms with Gasteiger partial charge in [-0.2, -0.15) is 0 Å². The second kappa shape index (κ2) is 5.93. The smallest absolute Gasteiger partial charge is 0.254 e. The molecule has 0 aliphatic heterocycles. The molecule has 2 heterocycles. The third-order valence-electron chi connectivity index (χ3n) is 2.86. The number of ether oxygens (including phenoxy) is 1. The van der Waals surface area contributed by atoms with Crippen LogP contribution in [0.4, 0.5) is 0 Å². The number of halogens is 1. The van der Waals surface area contributed by atoms with E-state index in [1.54, 1.807) is 6.07 Å². The molecule has 0 fully saturated rings. The van der Waals surface area contributed by atoms with Gasteiger partial charge in [-0.25, -0.2) is 4.98 Å². The van der Waals surface area contributed by atoms with Crippen LogP contribution in [0.1, 0.15) is 11.3 Å². The van der Waals surface area contributed by atoms with Crippen molar-refractivity contribution in [2.75, 3.05) is 0 Å². The molecule has 3 rings (SSSR count). The molecule has 0 atom stereocenters. The second-order valence-corrected chi connectivity index (χ2v) is 4.85. The molecule has 5 nitrogen and oxygen atoms in total. The van der Waals surface area contributed by atoms with Gasteiger partial charge < -0.3 is 9.15 Å². The molecule has 0 radical (unpaired) electrons. The molecule has 0 spiro atoms. The first-order valence-electron chi connectivity index (χ1n) is 6.34. The van der Waals surface area contributed by atoms with Crippen LogP contribution in [0.5, 0.6) is 5.88 Å². The van der Waals surface area contributed by atoms with Gasteiger partial charge in [0.15, 0.2) is 0 Å². The number of aromatic nitrogens is 3. The van der Waals surface area contributed by atoms with E-state index in [0.29, 0.717) is 23.1 Å². The first kappa shape index (κ1) is 13.6. The van der Waals surface area contributed by atoms with E-state index in [1.165, 1.54) is 6.39 Å². The van der Waals surface area contributed by atoms with Crippen molar-refractivity contribution >= 4 is 11.6 Å². The largest absolute Gasteiger partial charge is 0.472 e. The maximum atomic E-state index is 6.26. The van der Waals surface area contributed by atoms with Crippen LogP contribution >= 0.6 is 11.6 Å². The first-order valence-corrected chi connectivity index (χ1v) is 6.72. The van der Waals surface area contributed by atoms with Crippen LogP contribution in [0.3, 0.4) is 0 Å². The van der Waals surface area contributed by atoms with E-state index >= 15 is 0 Å². The highest BCUT2D eigenvalue weighted by atomic mass is 35.5. The van der Waals surface area contributed by atoms with Crippen LogP contribution in [-0.2, 0) is 6.61 Å². The number of hydrogen-bond donors (Lipinski definition) is 0. The molecule has 0 aliphatic carbocycles. The van der Waals surface area contributed by atoms with Crippen LogP contribution in [0.15, 0.2) is 47.2 Å². The molecular weight excluding hydrogens is 290 g/mol. The van der Waals surface area contributed by atoms with Crippen molar-refractivity contribution in [1.29, 1.82) is 0 Å². The summed E-state index contributed by atoms with van der Waals surface area (Å²) in [5.74, 6) is 0.670. The summed E-state index contributed by atoms with van der Waals surface area (Å²) in [4.78, 5) is 4.37. The summed E-state index contributed by atoms with van der Waals surface area (Å²) >= 11 is 6.26. The second-order valence-electron chi connectivity index (χ2n) is 4.44. The van der Waals surface area contributed by atoms with Gasteiger partial charge in [-0.15, -0.1) is 10.2 Å². The molecule has 21 heavy (non-hydrogen) atoms. The molecule has 0 amide bonds. The fourth-order valence-corrected chi connectivity index (χ4v) is 2.23. The Morgan fingerprint density at radius 2 is 2.05 bits per heavy atom.